The van der Waals surface area contributed by atoms with Crippen molar-refractivity contribution >= 4 is 179 Å². The Kier molecular flexibility index (Phi) is 28.3. The molecule has 8 aromatic rings. The number of ketones is 2. The van der Waals surface area contributed by atoms with E-state index in [2.05, 4.69) is 159 Å². The molecule has 4 fully saturated rings. The van der Waals surface area contributed by atoms with Crippen LogP contribution in [0.4, 0.5) is 28.4 Å². The predicted molar refractivity (Wildman–Crippen MR) is 539 cm³/mol. The van der Waals surface area contributed by atoms with E-state index in [1.807, 2.05) is 136 Å². The number of nitrogens with zero attached hydrogens (tertiary/aromatic N) is 10. The van der Waals surface area contributed by atoms with Gasteiger partial charge in [-0.3, -0.25) is 58.1 Å². The molecule has 0 N–H and O–H groups in total. The summed E-state index contributed by atoms with van der Waals surface area (Å²) in [5.41, 5.74) is 19.9. The van der Waals surface area contributed by atoms with Crippen LogP contribution in [0.25, 0.3) is 23.1 Å². The first kappa shape index (κ1) is 92.8. The lowest BCUT2D eigenvalue weighted by Crippen LogP contribution is -2.52. The van der Waals surface area contributed by atoms with E-state index in [0.29, 0.717) is 21.4 Å². The molecule has 1 saturated carbocycles. The molecular weight excluding hydrogens is 1730 g/mol. The van der Waals surface area contributed by atoms with E-state index in [-0.39, 0.29) is 78.9 Å². The molecule has 18 rings (SSSR count). The highest BCUT2D eigenvalue weighted by molar-refractivity contribution is 8.26. The van der Waals surface area contributed by atoms with E-state index < -0.39 is 5.63 Å². The maximum absolute atomic E-state index is 13.2. The molecule has 1 aliphatic carbocycles. The SMILES string of the molecule is C=CCN1C(=O)/C(=C/C=C2\Sc3ccccc3N2C)SC1=S.CN1/C(=C\C=C2/CC/C(=C\C=C3\N(C)c4ccccc4C3(C)C)C2=O)C(C)(C)c2ccccc21.CN1C(=O)C(=C/C=C2\Sc3ccccc3N2C)C(=O)N(C)C1=S.Cc1ccc(/C=C/C(=O)c2cc3cc4c5c(c3oc2=O)CCCN5CCC4)cc1.Cc1ccc(/C=C/C=C2C(=O)N(C)C(=S)N(C)C2=O)cc1. The van der Waals surface area contributed by atoms with Crippen molar-refractivity contribution in [1.29, 1.82) is 0 Å². The molecule has 129 heavy (non-hydrogen) atoms. The predicted octanol–water partition coefficient (Wildman–Crippen LogP) is 19.9. The maximum atomic E-state index is 13.2. The van der Waals surface area contributed by atoms with Crippen LogP contribution in [0.1, 0.15) is 108 Å². The molecule has 0 atom stereocenters. The van der Waals surface area contributed by atoms with Crippen molar-refractivity contribution in [3.8, 4) is 0 Å². The number of rotatable bonds is 11. The summed E-state index contributed by atoms with van der Waals surface area (Å²) >= 11 is 20.0. The number of hydrogen-bond donors (Lipinski definition) is 0. The van der Waals surface area contributed by atoms with Crippen molar-refractivity contribution < 1.29 is 38.0 Å². The third kappa shape index (κ3) is 19.2. The van der Waals surface area contributed by atoms with Crippen LogP contribution in [0, 0.1) is 13.8 Å². The molecule has 0 unspecified atom stereocenters. The van der Waals surface area contributed by atoms with Crippen molar-refractivity contribution in [2.24, 2.45) is 0 Å². The zero-order valence-electron chi connectivity index (χ0n) is 74.8. The fourth-order valence-corrected chi connectivity index (χ4v) is 20.7. The fourth-order valence-electron chi connectivity index (χ4n) is 17.1. The van der Waals surface area contributed by atoms with Gasteiger partial charge in [-0.15, -0.1) is 6.58 Å². The first-order valence-corrected chi connectivity index (χ1v) is 46.2. The Labute approximate surface area is 783 Å². The van der Waals surface area contributed by atoms with Gasteiger partial charge in [-0.1, -0.05) is 232 Å². The summed E-state index contributed by atoms with van der Waals surface area (Å²) in [4.78, 5) is 120. The van der Waals surface area contributed by atoms with Gasteiger partial charge >= 0.3 is 5.63 Å². The number of likely N-dealkylation sites (N-methyl/N-ethyl adjacent to an activating group) is 6. The minimum absolute atomic E-state index is 0.0464. The topological polar surface area (TPSA) is 182 Å². The highest BCUT2D eigenvalue weighted by atomic mass is 32.2. The third-order valence-electron chi connectivity index (χ3n) is 24.4. The highest BCUT2D eigenvalue weighted by Crippen LogP contribution is 2.51. The lowest BCUT2D eigenvalue weighted by molar-refractivity contribution is -0.134. The Bertz CT molecular complexity index is 6280. The highest BCUT2D eigenvalue weighted by Gasteiger charge is 2.42. The zero-order valence-corrected chi connectivity index (χ0v) is 79.7. The van der Waals surface area contributed by atoms with E-state index in [1.165, 1.54) is 105 Å². The number of hydrogen-bond acceptors (Lipinski definition) is 20. The van der Waals surface area contributed by atoms with E-state index in [0.717, 1.165) is 111 Å². The number of aryl methyl sites for hydroxylation is 4. The van der Waals surface area contributed by atoms with Gasteiger partial charge < -0.3 is 28.9 Å². The van der Waals surface area contributed by atoms with Gasteiger partial charge in [-0.2, -0.15) is 0 Å². The van der Waals surface area contributed by atoms with E-state index in [4.69, 9.17) is 41.1 Å². The number of allylic oxidation sites excluding steroid dienone is 15. The molecule has 0 radical (unpaired) electrons. The quantitative estimate of drug-likeness (QED) is 0.0297. The molecule has 658 valence electrons. The average Bonchev–Trinajstić information content (AvgIpc) is 1.72. The second-order valence-corrected chi connectivity index (χ2v) is 38.1. The first-order valence-electron chi connectivity index (χ1n) is 42.5. The second kappa shape index (κ2) is 39.3. The monoisotopic (exact) mass is 1830 g/mol. The Balaban J connectivity index is 0.000000132. The number of thiocarbonyl (C=S) groups is 3. The van der Waals surface area contributed by atoms with Crippen LogP contribution in [0.5, 0.6) is 0 Å². The summed E-state index contributed by atoms with van der Waals surface area (Å²) in [5.74, 6) is -1.70. The summed E-state index contributed by atoms with van der Waals surface area (Å²) in [6, 6.07) is 53.1. The Morgan fingerprint density at radius 2 is 0.922 bits per heavy atom. The molecule has 25 heteroatoms. The molecule has 10 heterocycles. The second-order valence-electron chi connectivity index (χ2n) is 33.6. The van der Waals surface area contributed by atoms with Crippen molar-refractivity contribution in [3.63, 3.8) is 0 Å². The molecule has 0 spiro atoms. The van der Waals surface area contributed by atoms with Crippen LogP contribution in [0.2, 0.25) is 0 Å². The minimum Gasteiger partial charge on any atom is -0.422 e. The number of fused-ring (bicyclic) bond motifs is 6. The standard InChI is InChI=1S/C31H34N2O.C25H23NO3.C16H15N3O2S2.C16H16N2O2S.C16H14N2OS3/c1-30(2)23-11-7-9-13-25(23)32(5)27(30)19-17-21-15-16-22(29(21)34)18-20-28-31(3,4)24-12-8-10-14-26(24)33(28)6;1-16-6-8-17(9-7-16)10-11-22(27)21-15-19-14-18-4-2-12-26-13-3-5-20(23(18)26)24(19)29-25(21)28;1-17-11-6-4-5-7-12(11)23-13(17)9-8-10-14(20)18(2)16(22)19(3)15(10)21;1-11-7-9-12(10-8-11)5-4-6-13-14(19)17(2)16(21)18(3)15(13)20;1-3-10-18-15(19)13(22-16(18)20)8-9-14-17(2)11-6-4-5-7-12(11)21-14/h7-14,17-20H,15-16H2,1-6H3;6-11,14-15H,2-5,12-13H2,1H3;4-9H,1-3H3;4-10H,1-3H3;3-9H,1,10H2,2H3/b21-17+,22-18+,27-19-,28-20+;11-10+;13-9-;5-4+;13-8-,14-9-. The lowest BCUT2D eigenvalue weighted by Gasteiger charge is -2.37. The van der Waals surface area contributed by atoms with Crippen molar-refractivity contribution in [2.45, 2.75) is 101 Å². The van der Waals surface area contributed by atoms with E-state index >= 15 is 0 Å². The number of thioether (sulfide) groups is 3. The average molecular weight is 1830 g/mol. The maximum Gasteiger partial charge on any atom is 0.347 e. The lowest BCUT2D eigenvalue weighted by atomic mass is 9.83. The normalized spacial score (nSPS) is 19.9. The molecule has 7 aromatic carbocycles. The van der Waals surface area contributed by atoms with Gasteiger partial charge in [-0.05, 0) is 202 Å². The van der Waals surface area contributed by atoms with Gasteiger partial charge in [0.15, 0.2) is 21.8 Å². The van der Waals surface area contributed by atoms with Gasteiger partial charge in [0, 0.05) is 147 Å². The summed E-state index contributed by atoms with van der Waals surface area (Å²) in [6.07, 6.45) is 31.3. The Morgan fingerprint density at radius 3 is 1.40 bits per heavy atom. The summed E-state index contributed by atoms with van der Waals surface area (Å²) in [6.45, 7) is 19.3. The zero-order chi connectivity index (χ0) is 92.2. The minimum atomic E-state index is -0.555. The first-order chi connectivity index (χ1) is 61.7. The van der Waals surface area contributed by atoms with Crippen molar-refractivity contribution in [2.75, 3.05) is 101 Å². The van der Waals surface area contributed by atoms with Gasteiger partial charge in [0.1, 0.15) is 26.6 Å². The number of para-hydroxylation sites is 4. The van der Waals surface area contributed by atoms with Gasteiger partial charge in [-0.25, -0.2) is 4.79 Å². The smallest absolute Gasteiger partial charge is 0.347 e. The fraction of sp³-hybridized carbons (Fsp3) is 0.240. The van der Waals surface area contributed by atoms with Crippen molar-refractivity contribution in [1.82, 2.24) is 24.5 Å². The summed E-state index contributed by atoms with van der Waals surface area (Å²) < 4.78 is 6.30. The molecule has 19 nitrogen and oxygen atoms in total. The van der Waals surface area contributed by atoms with Crippen LogP contribution >= 0.6 is 71.9 Å². The van der Waals surface area contributed by atoms with E-state index in [9.17, 15) is 38.4 Å². The number of amides is 5. The van der Waals surface area contributed by atoms with E-state index in [1.54, 1.807) is 93.1 Å². The molecular formula is C104H102N10O9S6. The van der Waals surface area contributed by atoms with Crippen molar-refractivity contribution in [3.05, 3.63) is 346 Å². The molecule has 3 saturated heterocycles. The molecule has 0 bridgehead atoms. The Morgan fingerprint density at radius 1 is 0.473 bits per heavy atom. The number of anilines is 5. The number of carbonyl (C=O) groups excluding carboxylic acids is 7. The van der Waals surface area contributed by atoms with Gasteiger partial charge in [0.05, 0.1) is 26.3 Å². The largest absolute Gasteiger partial charge is 0.422 e. The number of benzene rings is 7. The molecule has 9 aliphatic heterocycles. The number of carbonyl (C=O) groups is 7. The molecule has 5 amide bonds. The van der Waals surface area contributed by atoms with Crippen LogP contribution < -0.4 is 30.1 Å². The van der Waals surface area contributed by atoms with Gasteiger partial charge in [0.2, 0.25) is 0 Å². The van der Waals surface area contributed by atoms with Gasteiger partial charge in [0.25, 0.3) is 29.5 Å². The van der Waals surface area contributed by atoms with Crippen LogP contribution in [0.15, 0.2) is 305 Å². The third-order valence-corrected chi connectivity index (χ3v) is 29.3. The Hall–Kier alpha value is -12.4. The number of Topliss-reactive ketones (excluding diaryl/α,β-unsaturated/α-hetero) is 1. The summed E-state index contributed by atoms with van der Waals surface area (Å²) in [7, 11) is 14.5. The van der Waals surface area contributed by atoms with Crippen LogP contribution in [0.3, 0.4) is 0 Å². The summed E-state index contributed by atoms with van der Waals surface area (Å²) in [5, 5.41) is 3.33. The molecule has 10 aliphatic rings. The van der Waals surface area contributed by atoms with Crippen LogP contribution in [-0.2, 0) is 52.4 Å². The molecule has 1 aromatic heterocycles. The van der Waals surface area contributed by atoms with Crippen LogP contribution in [-0.4, -0.2) is 156 Å².